The number of benzene rings is 4. The number of rotatable bonds is 11. The average Bonchev–Trinajstić information content (AvgIpc) is 3.80. The third kappa shape index (κ3) is 10.1. The Hall–Kier alpha value is -5.87. The number of sulfonamides is 2. The van der Waals surface area contributed by atoms with Crippen LogP contribution in [-0.2, 0) is 45.5 Å². The van der Waals surface area contributed by atoms with Gasteiger partial charge in [-0.3, -0.25) is 8.61 Å². The summed E-state index contributed by atoms with van der Waals surface area (Å²) in [5.74, 6) is -3.02. The summed E-state index contributed by atoms with van der Waals surface area (Å²) in [5.41, 5.74) is -1.72. The normalized spacial score (nSPS) is 12.2. The molecule has 0 aliphatic heterocycles. The van der Waals surface area contributed by atoms with Crippen molar-refractivity contribution in [3.63, 3.8) is 0 Å². The van der Waals surface area contributed by atoms with Crippen molar-refractivity contribution in [2.45, 2.75) is 49.1 Å². The zero-order chi connectivity index (χ0) is 48.6. The molecule has 350 valence electrons. The van der Waals surface area contributed by atoms with Gasteiger partial charge in [0.1, 0.15) is 36.6 Å². The van der Waals surface area contributed by atoms with E-state index in [1.807, 2.05) is 30.3 Å². The Kier molecular flexibility index (Phi) is 13.9. The highest BCUT2D eigenvalue weighted by atomic mass is 35.5. The number of ether oxygens (including phenoxy) is 1. The summed E-state index contributed by atoms with van der Waals surface area (Å²) in [6, 6.07) is 24.8. The number of thiophene rings is 2. The number of nitrogens with zero attached hydrogens (tertiary/aromatic N) is 4. The molecule has 0 aliphatic rings. The van der Waals surface area contributed by atoms with Gasteiger partial charge in [-0.15, -0.1) is 22.7 Å². The average molecular weight is 1030 g/mol. The number of hydrogen-bond donors (Lipinski definition) is 0. The minimum Gasteiger partial charge on any atom is -0.480 e. The highest BCUT2D eigenvalue weighted by molar-refractivity contribution is 7.93. The fraction of sp³-hybridized carbons (Fsp3) is 0.156. The number of hydrogen-bond acceptors (Lipinski definition) is 9. The van der Waals surface area contributed by atoms with E-state index in [4.69, 9.17) is 16.3 Å². The fourth-order valence-electron chi connectivity index (χ4n) is 6.96. The molecule has 0 unspecified atom stereocenters. The minimum atomic E-state index is -4.93. The topological polar surface area (TPSA) is 110 Å². The number of fused-ring (bicyclic) bond motifs is 2. The molecule has 0 spiro atoms. The molecule has 9 nitrogen and oxygen atoms in total. The van der Waals surface area contributed by atoms with Gasteiger partial charge in [0.05, 0.1) is 31.3 Å². The minimum absolute atomic E-state index is 0.0305. The second-order valence-corrected chi connectivity index (χ2v) is 20.6. The number of methoxy groups -OCH3 is 1. The second-order valence-electron chi connectivity index (χ2n) is 14.5. The molecule has 4 aromatic heterocycles. The van der Waals surface area contributed by atoms with Crippen molar-refractivity contribution in [3.05, 3.63) is 172 Å². The standard InChI is InChI=1S/C23H18F4N2O3S2.C22H15ClF4N2O2S2/c1-14-16-6-3-4-7-19(16)33-22(14)29(34(30,31)20-8-5-11-28-21(20)32-2)13-15-9-10-18(24)17(12-15)23(25,26)27;1-13-15-5-2-3-6-18(15)32-21(13)29(33(30,31)19-7-4-10-28-20(19)23)12-14-8-9-17(24)16(11-14)22(25,26)27/h3-12H,13H2,1-2H3;2-11H,12H2,1H3. The first-order valence-corrected chi connectivity index (χ1v) is 24.3. The molecule has 0 atom stereocenters. The maximum Gasteiger partial charge on any atom is 0.419 e. The summed E-state index contributed by atoms with van der Waals surface area (Å²) < 4.78 is 171. The number of aryl methyl sites for hydroxylation is 2. The zero-order valence-corrected chi connectivity index (χ0v) is 38.8. The van der Waals surface area contributed by atoms with Gasteiger partial charge in [-0.05, 0) is 108 Å². The SMILES string of the molecule is COc1ncccc1S(=O)(=O)N(Cc1ccc(F)c(C(F)(F)F)c1)c1sc2ccccc2c1C.Cc1c(N(Cc2ccc(F)c(C(F)(F)F)c2)S(=O)(=O)c2cccnc2Cl)sc2ccccc12. The molecule has 0 amide bonds. The van der Waals surface area contributed by atoms with Crippen molar-refractivity contribution in [3.8, 4) is 5.88 Å². The van der Waals surface area contributed by atoms with Crippen LogP contribution in [0.2, 0.25) is 5.15 Å². The molecule has 4 aromatic carbocycles. The summed E-state index contributed by atoms with van der Waals surface area (Å²) in [4.78, 5) is 7.23. The first-order valence-electron chi connectivity index (χ1n) is 19.4. The van der Waals surface area contributed by atoms with Gasteiger partial charge in [-0.1, -0.05) is 60.1 Å². The van der Waals surface area contributed by atoms with E-state index in [2.05, 4.69) is 9.97 Å². The Morgan fingerprint density at radius 3 is 1.43 bits per heavy atom. The summed E-state index contributed by atoms with van der Waals surface area (Å²) in [7, 11) is -7.41. The maximum atomic E-state index is 13.9. The lowest BCUT2D eigenvalue weighted by Crippen LogP contribution is -2.31. The van der Waals surface area contributed by atoms with Crippen molar-refractivity contribution in [2.24, 2.45) is 0 Å². The molecule has 0 radical (unpaired) electrons. The van der Waals surface area contributed by atoms with Gasteiger partial charge in [-0.2, -0.15) is 26.3 Å². The third-order valence-electron chi connectivity index (χ3n) is 10.2. The molecular weight excluding hydrogens is 992 g/mol. The predicted molar refractivity (Wildman–Crippen MR) is 243 cm³/mol. The molecule has 8 aromatic rings. The molecule has 0 N–H and O–H groups in total. The molecule has 0 saturated carbocycles. The highest BCUT2D eigenvalue weighted by Crippen LogP contribution is 2.44. The third-order valence-corrected chi connectivity index (χ3v) is 17.0. The van der Waals surface area contributed by atoms with Gasteiger partial charge in [0, 0.05) is 21.8 Å². The van der Waals surface area contributed by atoms with Gasteiger partial charge >= 0.3 is 12.4 Å². The molecule has 22 heteroatoms. The molecule has 0 saturated heterocycles. The van der Waals surface area contributed by atoms with Crippen LogP contribution in [-0.4, -0.2) is 33.9 Å². The first-order chi connectivity index (χ1) is 31.5. The van der Waals surface area contributed by atoms with Gasteiger partial charge in [0.25, 0.3) is 20.0 Å². The number of pyridine rings is 2. The largest absolute Gasteiger partial charge is 0.480 e. The Morgan fingerprint density at radius 1 is 0.597 bits per heavy atom. The van der Waals surface area contributed by atoms with Crippen LogP contribution in [0, 0.1) is 25.5 Å². The lowest BCUT2D eigenvalue weighted by atomic mass is 10.1. The number of alkyl halides is 6. The quantitative estimate of drug-likeness (QED) is 0.0937. The summed E-state index contributed by atoms with van der Waals surface area (Å²) >= 11 is 8.42. The van der Waals surface area contributed by atoms with Crippen molar-refractivity contribution in [1.29, 1.82) is 0 Å². The number of anilines is 2. The van der Waals surface area contributed by atoms with E-state index >= 15 is 0 Å². The van der Waals surface area contributed by atoms with Crippen LogP contribution in [0.5, 0.6) is 5.88 Å². The van der Waals surface area contributed by atoms with Crippen LogP contribution in [0.25, 0.3) is 20.2 Å². The van der Waals surface area contributed by atoms with Crippen molar-refractivity contribution < 1.29 is 56.7 Å². The van der Waals surface area contributed by atoms with Crippen molar-refractivity contribution in [2.75, 3.05) is 15.7 Å². The van der Waals surface area contributed by atoms with E-state index in [0.29, 0.717) is 45.4 Å². The van der Waals surface area contributed by atoms with E-state index in [9.17, 15) is 52.0 Å². The van der Waals surface area contributed by atoms with Gasteiger partial charge in [-0.25, -0.2) is 35.6 Å². The van der Waals surface area contributed by atoms with E-state index in [-0.39, 0.29) is 32.0 Å². The first kappa shape index (κ1) is 49.0. The van der Waals surface area contributed by atoms with Crippen LogP contribution in [0.4, 0.5) is 45.1 Å². The molecule has 8 rings (SSSR count). The highest BCUT2D eigenvalue weighted by Gasteiger charge is 2.38. The molecule has 0 aliphatic carbocycles. The fourth-order valence-corrected chi connectivity index (χ4v) is 13.4. The van der Waals surface area contributed by atoms with Crippen molar-refractivity contribution in [1.82, 2.24) is 9.97 Å². The molecular formula is C45H33ClF8N4O5S4. The summed E-state index contributed by atoms with van der Waals surface area (Å²) in [6.07, 6.45) is -7.16. The van der Waals surface area contributed by atoms with E-state index in [0.717, 1.165) is 40.9 Å². The van der Waals surface area contributed by atoms with Gasteiger partial charge < -0.3 is 4.74 Å². The maximum absolute atomic E-state index is 13.9. The van der Waals surface area contributed by atoms with Crippen LogP contribution in [0.1, 0.15) is 33.4 Å². The summed E-state index contributed by atoms with van der Waals surface area (Å²) in [6.45, 7) is 2.54. The van der Waals surface area contributed by atoms with Gasteiger partial charge in [0.15, 0.2) is 0 Å². The molecule has 4 heterocycles. The lowest BCUT2D eigenvalue weighted by molar-refractivity contribution is -0.140. The second kappa shape index (κ2) is 19.0. The number of aromatic nitrogens is 2. The van der Waals surface area contributed by atoms with E-state index < -0.39 is 68.3 Å². The lowest BCUT2D eigenvalue weighted by Gasteiger charge is -2.25. The molecule has 67 heavy (non-hydrogen) atoms. The molecule has 0 fully saturated rings. The predicted octanol–water partition coefficient (Wildman–Crippen LogP) is 13.0. The van der Waals surface area contributed by atoms with Gasteiger partial charge in [0.2, 0.25) is 5.88 Å². The number of halogens is 9. The smallest absolute Gasteiger partial charge is 0.419 e. The van der Waals surface area contributed by atoms with E-state index in [1.54, 1.807) is 32.0 Å². The van der Waals surface area contributed by atoms with Crippen LogP contribution < -0.4 is 13.3 Å². The van der Waals surface area contributed by atoms with Crippen LogP contribution >= 0.6 is 34.3 Å². The Bertz CT molecular complexity index is 3360. The Morgan fingerprint density at radius 2 is 1.01 bits per heavy atom. The van der Waals surface area contributed by atoms with Crippen molar-refractivity contribution >= 4 is 84.5 Å². The zero-order valence-electron chi connectivity index (χ0n) is 34.8. The Labute approximate surface area is 391 Å². The molecule has 0 bridgehead atoms. The monoisotopic (exact) mass is 1020 g/mol. The van der Waals surface area contributed by atoms with Crippen LogP contribution in [0.3, 0.4) is 0 Å². The van der Waals surface area contributed by atoms with Crippen LogP contribution in [0.15, 0.2) is 131 Å². The summed E-state index contributed by atoms with van der Waals surface area (Å²) in [5, 5.41) is 2.00. The van der Waals surface area contributed by atoms with E-state index in [1.165, 1.54) is 66.4 Å². The Balaban J connectivity index is 0.000000199.